The molecule has 1 saturated heterocycles. The van der Waals surface area contributed by atoms with Crippen molar-refractivity contribution in [1.29, 1.82) is 0 Å². The first-order valence-corrected chi connectivity index (χ1v) is 10.9. The van der Waals surface area contributed by atoms with Crippen LogP contribution in [0, 0.1) is 5.92 Å². The zero-order chi connectivity index (χ0) is 20.2. The van der Waals surface area contributed by atoms with Gasteiger partial charge in [0.05, 0.1) is 11.7 Å². The van der Waals surface area contributed by atoms with Crippen LogP contribution in [-0.2, 0) is 17.6 Å². The zero-order valence-electron chi connectivity index (χ0n) is 16.6. The molecular weight excluding hydrogens is 386 g/mol. The summed E-state index contributed by atoms with van der Waals surface area (Å²) in [7, 11) is 0. The van der Waals surface area contributed by atoms with Crippen molar-refractivity contribution < 1.29 is 9.90 Å². The minimum Gasteiger partial charge on any atom is -0.385 e. The van der Waals surface area contributed by atoms with Gasteiger partial charge in [-0.05, 0) is 68.0 Å². The number of likely N-dealkylation sites (tertiary alicyclic amines) is 1. The van der Waals surface area contributed by atoms with Gasteiger partial charge in [-0.25, -0.2) is 4.98 Å². The van der Waals surface area contributed by atoms with E-state index < -0.39 is 12.1 Å². The highest BCUT2D eigenvalue weighted by molar-refractivity contribution is 6.29. The number of nitrogens with zero attached hydrogens (tertiary/aromatic N) is 2. The van der Waals surface area contributed by atoms with Crippen molar-refractivity contribution >= 4 is 17.5 Å². The van der Waals surface area contributed by atoms with Crippen LogP contribution in [0.4, 0.5) is 0 Å². The summed E-state index contributed by atoms with van der Waals surface area (Å²) in [6, 6.07) is 13.2. The van der Waals surface area contributed by atoms with Crippen molar-refractivity contribution in [3.8, 4) is 0 Å². The van der Waals surface area contributed by atoms with Gasteiger partial charge in [-0.2, -0.15) is 0 Å². The largest absolute Gasteiger partial charge is 0.385 e. The van der Waals surface area contributed by atoms with Crippen LogP contribution in [0.15, 0.2) is 42.5 Å². The molecule has 2 unspecified atom stereocenters. The van der Waals surface area contributed by atoms with Gasteiger partial charge < -0.3 is 15.3 Å². The molecule has 1 fully saturated rings. The number of halogens is 1. The fourth-order valence-electron chi connectivity index (χ4n) is 4.58. The SMILES string of the molecule is O=C(CC1Cc2ccccc2C1)NC(CN1CCCC1)C(O)c1cccc(Cl)n1. The van der Waals surface area contributed by atoms with Crippen LogP contribution in [0.2, 0.25) is 5.15 Å². The molecule has 1 amide bonds. The molecule has 6 heteroatoms. The first-order valence-electron chi connectivity index (χ1n) is 10.5. The summed E-state index contributed by atoms with van der Waals surface area (Å²) in [6.45, 7) is 2.62. The second-order valence-corrected chi connectivity index (χ2v) is 8.65. The van der Waals surface area contributed by atoms with Crippen molar-refractivity contribution in [1.82, 2.24) is 15.2 Å². The first-order chi connectivity index (χ1) is 14.1. The number of aliphatic hydroxyl groups is 1. The van der Waals surface area contributed by atoms with Gasteiger partial charge in [-0.15, -0.1) is 0 Å². The topological polar surface area (TPSA) is 65.5 Å². The number of amides is 1. The van der Waals surface area contributed by atoms with Crippen molar-refractivity contribution in [2.24, 2.45) is 5.92 Å². The number of rotatable bonds is 7. The van der Waals surface area contributed by atoms with Crippen molar-refractivity contribution in [2.75, 3.05) is 19.6 Å². The third kappa shape index (κ3) is 5.16. The van der Waals surface area contributed by atoms with E-state index in [9.17, 15) is 9.90 Å². The van der Waals surface area contributed by atoms with Crippen LogP contribution in [-0.4, -0.2) is 46.6 Å². The predicted octanol–water partition coefficient (Wildman–Crippen LogP) is 3.15. The van der Waals surface area contributed by atoms with Gasteiger partial charge in [0, 0.05) is 13.0 Å². The summed E-state index contributed by atoms with van der Waals surface area (Å²) in [5.74, 6) is 0.314. The number of fused-ring (bicyclic) bond motifs is 1. The van der Waals surface area contributed by atoms with Crippen LogP contribution in [0.5, 0.6) is 0 Å². The van der Waals surface area contributed by atoms with E-state index in [4.69, 9.17) is 11.6 Å². The van der Waals surface area contributed by atoms with Crippen LogP contribution in [0.25, 0.3) is 0 Å². The maximum atomic E-state index is 12.8. The lowest BCUT2D eigenvalue weighted by Gasteiger charge is -2.28. The van der Waals surface area contributed by atoms with E-state index >= 15 is 0 Å². The molecule has 2 aliphatic rings. The molecule has 4 rings (SSSR count). The van der Waals surface area contributed by atoms with E-state index in [1.165, 1.54) is 11.1 Å². The van der Waals surface area contributed by atoms with E-state index in [1.807, 2.05) is 0 Å². The van der Waals surface area contributed by atoms with E-state index in [1.54, 1.807) is 18.2 Å². The Morgan fingerprint density at radius 2 is 1.83 bits per heavy atom. The van der Waals surface area contributed by atoms with Gasteiger partial charge in [0.15, 0.2) is 0 Å². The molecule has 154 valence electrons. The van der Waals surface area contributed by atoms with Crippen molar-refractivity contribution in [2.45, 2.75) is 44.2 Å². The lowest BCUT2D eigenvalue weighted by molar-refractivity contribution is -0.123. The standard InChI is InChI=1S/C23H28ClN3O2/c24-21-9-5-8-19(25-21)23(29)20(15-27-10-3-4-11-27)26-22(28)14-16-12-17-6-1-2-7-18(17)13-16/h1-2,5-9,16,20,23,29H,3-4,10-15H2,(H,26,28). The number of carbonyl (C=O) groups is 1. The van der Waals surface area contributed by atoms with Crippen LogP contribution >= 0.6 is 11.6 Å². The van der Waals surface area contributed by atoms with Gasteiger partial charge in [0.25, 0.3) is 0 Å². The number of carbonyl (C=O) groups excluding carboxylic acids is 1. The van der Waals surface area contributed by atoms with E-state index in [0.29, 0.717) is 29.7 Å². The van der Waals surface area contributed by atoms with Gasteiger partial charge in [-0.1, -0.05) is 41.9 Å². The second kappa shape index (κ2) is 9.24. The third-order valence-electron chi connectivity index (χ3n) is 6.03. The predicted molar refractivity (Wildman–Crippen MR) is 114 cm³/mol. The minimum absolute atomic E-state index is 0.00641. The summed E-state index contributed by atoms with van der Waals surface area (Å²) in [6.07, 6.45) is 3.79. The minimum atomic E-state index is -0.890. The quantitative estimate of drug-likeness (QED) is 0.684. The molecule has 0 saturated carbocycles. The normalized spacial score (nSPS) is 19.1. The van der Waals surface area contributed by atoms with E-state index in [2.05, 4.69) is 39.5 Å². The Hall–Kier alpha value is -1.95. The van der Waals surface area contributed by atoms with Crippen LogP contribution < -0.4 is 5.32 Å². The fourth-order valence-corrected chi connectivity index (χ4v) is 4.76. The number of benzene rings is 1. The highest BCUT2D eigenvalue weighted by atomic mass is 35.5. The lowest BCUT2D eigenvalue weighted by atomic mass is 10.0. The molecule has 1 aliphatic heterocycles. The lowest BCUT2D eigenvalue weighted by Crippen LogP contribution is -2.47. The highest BCUT2D eigenvalue weighted by Crippen LogP contribution is 2.29. The number of aromatic nitrogens is 1. The Morgan fingerprint density at radius 3 is 2.48 bits per heavy atom. The highest BCUT2D eigenvalue weighted by Gasteiger charge is 2.29. The fraction of sp³-hybridized carbons (Fsp3) is 0.478. The molecule has 1 aromatic heterocycles. The smallest absolute Gasteiger partial charge is 0.220 e. The Balaban J connectivity index is 1.41. The van der Waals surface area contributed by atoms with Crippen molar-refractivity contribution in [3.63, 3.8) is 0 Å². The molecule has 2 aromatic rings. The molecule has 1 aromatic carbocycles. The zero-order valence-corrected chi connectivity index (χ0v) is 17.3. The Bertz CT molecular complexity index is 829. The number of aliphatic hydroxyl groups excluding tert-OH is 1. The van der Waals surface area contributed by atoms with Gasteiger partial charge in [0.1, 0.15) is 11.3 Å². The Labute approximate surface area is 177 Å². The number of pyridine rings is 1. The molecule has 2 N–H and O–H groups in total. The first kappa shape index (κ1) is 20.3. The molecule has 5 nitrogen and oxygen atoms in total. The molecule has 0 bridgehead atoms. The average molecular weight is 414 g/mol. The van der Waals surface area contributed by atoms with Crippen molar-refractivity contribution in [3.05, 3.63) is 64.4 Å². The molecule has 0 spiro atoms. The molecule has 0 radical (unpaired) electrons. The van der Waals surface area contributed by atoms with Gasteiger partial charge in [0.2, 0.25) is 5.91 Å². The molecule has 2 atom stereocenters. The monoisotopic (exact) mass is 413 g/mol. The third-order valence-corrected chi connectivity index (χ3v) is 6.24. The number of hydrogen-bond donors (Lipinski definition) is 2. The summed E-state index contributed by atoms with van der Waals surface area (Å²) in [5, 5.41) is 14.4. The molecule has 1 aliphatic carbocycles. The summed E-state index contributed by atoms with van der Waals surface area (Å²) < 4.78 is 0. The van der Waals surface area contributed by atoms with Gasteiger partial charge in [-0.3, -0.25) is 4.79 Å². The number of nitrogens with one attached hydrogen (secondary N) is 1. The van der Waals surface area contributed by atoms with E-state index in [0.717, 1.165) is 38.8 Å². The second-order valence-electron chi connectivity index (χ2n) is 8.26. The molecule has 29 heavy (non-hydrogen) atoms. The maximum absolute atomic E-state index is 12.8. The molecule has 2 heterocycles. The summed E-state index contributed by atoms with van der Waals surface area (Å²) in [4.78, 5) is 19.4. The van der Waals surface area contributed by atoms with Gasteiger partial charge >= 0.3 is 0 Å². The Kier molecular flexibility index (Phi) is 6.48. The average Bonchev–Trinajstić information content (AvgIpc) is 3.35. The van der Waals surface area contributed by atoms with Crippen LogP contribution in [0.1, 0.15) is 42.2 Å². The maximum Gasteiger partial charge on any atom is 0.220 e. The molecular formula is C23H28ClN3O2. The van der Waals surface area contributed by atoms with E-state index in [-0.39, 0.29) is 5.91 Å². The van der Waals surface area contributed by atoms with Crippen LogP contribution in [0.3, 0.4) is 0 Å². The Morgan fingerprint density at radius 1 is 1.14 bits per heavy atom. The number of hydrogen-bond acceptors (Lipinski definition) is 4. The summed E-state index contributed by atoms with van der Waals surface area (Å²) in [5.41, 5.74) is 3.19. The summed E-state index contributed by atoms with van der Waals surface area (Å²) >= 11 is 6.01.